The number of rotatable bonds is 6. The molecular weight excluding hydrogens is 483 g/mol. The van der Waals surface area contributed by atoms with Crippen molar-refractivity contribution in [3.05, 3.63) is 80.6 Å². The molecule has 1 aromatic heterocycles. The van der Waals surface area contributed by atoms with E-state index in [0.717, 1.165) is 12.3 Å². The third-order valence-corrected chi connectivity index (χ3v) is 5.32. The minimum absolute atomic E-state index is 0.00216. The fourth-order valence-corrected chi connectivity index (χ4v) is 3.70. The van der Waals surface area contributed by atoms with Gasteiger partial charge in [0.2, 0.25) is 5.43 Å². The molecule has 5 nitrogen and oxygen atoms in total. The van der Waals surface area contributed by atoms with Crippen LogP contribution in [-0.4, -0.2) is 27.4 Å². The Bertz CT molecular complexity index is 1130. The Balaban J connectivity index is 2.20. The molecule has 146 valence electrons. The number of hydrogen-bond donors (Lipinski definition) is 2. The summed E-state index contributed by atoms with van der Waals surface area (Å²) < 4.78 is 31.0. The topological polar surface area (TPSA) is 79.5 Å². The van der Waals surface area contributed by atoms with Gasteiger partial charge in [0.15, 0.2) is 0 Å². The lowest BCUT2D eigenvalue weighted by atomic mass is 9.99. The van der Waals surface area contributed by atoms with E-state index < -0.39 is 28.6 Å². The van der Waals surface area contributed by atoms with Gasteiger partial charge >= 0.3 is 5.97 Å². The van der Waals surface area contributed by atoms with Crippen LogP contribution in [-0.2, 0) is 17.4 Å². The van der Waals surface area contributed by atoms with Gasteiger partial charge in [-0.3, -0.25) is 4.79 Å². The Labute approximate surface area is 172 Å². The number of nitrogens with zero attached hydrogens (tertiary/aromatic N) is 1. The number of aromatic nitrogens is 1. The van der Waals surface area contributed by atoms with Crippen molar-refractivity contribution in [2.75, 3.05) is 6.61 Å². The van der Waals surface area contributed by atoms with Crippen LogP contribution >= 0.6 is 22.6 Å². The second-order valence-corrected chi connectivity index (χ2v) is 7.02. The lowest BCUT2D eigenvalue weighted by molar-refractivity contribution is 0.0694. The van der Waals surface area contributed by atoms with Gasteiger partial charge in [0.1, 0.15) is 17.2 Å². The molecule has 0 bridgehead atoms. The Hall–Kier alpha value is -2.33. The van der Waals surface area contributed by atoms with Gasteiger partial charge in [-0.15, -0.1) is 0 Å². The molecule has 0 radical (unpaired) electrons. The lowest BCUT2D eigenvalue weighted by Gasteiger charge is -2.13. The van der Waals surface area contributed by atoms with E-state index >= 15 is 0 Å². The fourth-order valence-electron chi connectivity index (χ4n) is 3.11. The molecule has 0 spiro atoms. The minimum Gasteiger partial charge on any atom is -0.477 e. The number of benzene rings is 2. The fraction of sp³-hybridized carbons (Fsp3) is 0.200. The van der Waals surface area contributed by atoms with Crippen LogP contribution in [0.3, 0.4) is 0 Å². The summed E-state index contributed by atoms with van der Waals surface area (Å²) in [6.07, 6.45) is 1.01. The number of carboxylic acids is 1. The normalized spacial score (nSPS) is 11.1. The summed E-state index contributed by atoms with van der Waals surface area (Å²) >= 11 is 2.04. The van der Waals surface area contributed by atoms with Crippen LogP contribution in [0.15, 0.2) is 41.3 Å². The molecule has 28 heavy (non-hydrogen) atoms. The highest BCUT2D eigenvalue weighted by Gasteiger charge is 2.18. The second-order valence-electron chi connectivity index (χ2n) is 6.26. The molecule has 0 saturated carbocycles. The average molecular weight is 499 g/mol. The van der Waals surface area contributed by atoms with E-state index in [9.17, 15) is 28.6 Å². The molecule has 2 aromatic carbocycles. The second kappa shape index (κ2) is 8.36. The van der Waals surface area contributed by atoms with Gasteiger partial charge < -0.3 is 14.8 Å². The zero-order valence-electron chi connectivity index (χ0n) is 14.6. The molecule has 0 aliphatic heterocycles. The predicted octanol–water partition coefficient (Wildman–Crippen LogP) is 3.50. The molecule has 0 aliphatic carbocycles. The van der Waals surface area contributed by atoms with Crippen molar-refractivity contribution in [3.63, 3.8) is 0 Å². The van der Waals surface area contributed by atoms with E-state index in [0.29, 0.717) is 9.99 Å². The molecule has 0 amide bonds. The van der Waals surface area contributed by atoms with Gasteiger partial charge in [0.25, 0.3) is 0 Å². The van der Waals surface area contributed by atoms with Gasteiger partial charge in [-0.05, 0) is 28.8 Å². The van der Waals surface area contributed by atoms with Crippen molar-refractivity contribution in [2.24, 2.45) is 0 Å². The maximum atomic E-state index is 14.7. The van der Waals surface area contributed by atoms with Gasteiger partial charge in [-0.2, -0.15) is 0 Å². The quantitative estimate of drug-likeness (QED) is 0.402. The molecule has 3 rings (SSSR count). The lowest BCUT2D eigenvalue weighted by Crippen LogP contribution is -2.20. The maximum Gasteiger partial charge on any atom is 0.341 e. The Morgan fingerprint density at radius 2 is 1.86 bits per heavy atom. The summed E-state index contributed by atoms with van der Waals surface area (Å²) in [6, 6.07) is 7.26. The van der Waals surface area contributed by atoms with Crippen LogP contribution in [0, 0.1) is 11.6 Å². The van der Waals surface area contributed by atoms with E-state index in [1.54, 1.807) is 18.2 Å². The van der Waals surface area contributed by atoms with Gasteiger partial charge in [-0.1, -0.05) is 40.8 Å². The van der Waals surface area contributed by atoms with Crippen molar-refractivity contribution in [3.8, 4) is 0 Å². The van der Waals surface area contributed by atoms with E-state index in [-0.39, 0.29) is 41.6 Å². The first kappa shape index (κ1) is 20.4. The van der Waals surface area contributed by atoms with E-state index in [2.05, 4.69) is 0 Å². The van der Waals surface area contributed by atoms with Crippen LogP contribution in [0.2, 0.25) is 0 Å². The number of carbonyl (C=O) groups is 1. The third kappa shape index (κ3) is 3.79. The van der Waals surface area contributed by atoms with Crippen LogP contribution in [0.4, 0.5) is 8.78 Å². The third-order valence-electron chi connectivity index (χ3n) is 4.50. The number of halogens is 3. The Morgan fingerprint density at radius 1 is 1.14 bits per heavy atom. The number of fused-ring (bicyclic) bond motifs is 1. The maximum absolute atomic E-state index is 14.7. The number of aliphatic hydroxyl groups excluding tert-OH is 1. The minimum atomic E-state index is -1.41. The molecule has 0 fully saturated rings. The van der Waals surface area contributed by atoms with Crippen LogP contribution in [0.25, 0.3) is 10.9 Å². The Morgan fingerprint density at radius 3 is 2.50 bits per heavy atom. The summed E-state index contributed by atoms with van der Waals surface area (Å²) in [5.74, 6) is -2.47. The monoisotopic (exact) mass is 499 g/mol. The number of pyridine rings is 1. The van der Waals surface area contributed by atoms with Crippen LogP contribution < -0.4 is 5.43 Å². The largest absolute Gasteiger partial charge is 0.477 e. The molecule has 2 N–H and O–H groups in total. The molecule has 8 heteroatoms. The van der Waals surface area contributed by atoms with Crippen molar-refractivity contribution < 1.29 is 23.8 Å². The molecule has 0 saturated heterocycles. The smallest absolute Gasteiger partial charge is 0.341 e. The Kier molecular flexibility index (Phi) is 6.09. The predicted molar refractivity (Wildman–Crippen MR) is 109 cm³/mol. The molecule has 3 aromatic rings. The van der Waals surface area contributed by atoms with Crippen LogP contribution in [0.5, 0.6) is 0 Å². The van der Waals surface area contributed by atoms with Gasteiger partial charge in [0, 0.05) is 29.0 Å². The standard InChI is InChI=1S/C20H16F2INO4/c21-16-8-17-14(19(26)15(20(27)28)10-24(17)4-5-25)7-13(16)6-11-2-1-3-12(9-23)18(11)22/h1-3,7-8,10,25H,4-6,9H2,(H,27,28). The van der Waals surface area contributed by atoms with Crippen LogP contribution in [0.1, 0.15) is 27.0 Å². The number of carboxylic acid groups (broad SMARTS) is 1. The zero-order valence-corrected chi connectivity index (χ0v) is 16.7. The summed E-state index contributed by atoms with van der Waals surface area (Å²) in [6.45, 7) is -0.309. The highest BCUT2D eigenvalue weighted by Crippen LogP contribution is 2.23. The van der Waals surface area contributed by atoms with E-state index in [1.807, 2.05) is 22.6 Å². The molecule has 0 atom stereocenters. The molecule has 0 unspecified atom stereocenters. The van der Waals surface area contributed by atoms with E-state index in [4.69, 9.17) is 0 Å². The summed E-state index contributed by atoms with van der Waals surface area (Å²) in [5, 5.41) is 18.5. The summed E-state index contributed by atoms with van der Waals surface area (Å²) in [7, 11) is 0. The van der Waals surface area contributed by atoms with E-state index in [1.165, 1.54) is 10.6 Å². The zero-order chi connectivity index (χ0) is 20.4. The number of hydrogen-bond acceptors (Lipinski definition) is 3. The average Bonchev–Trinajstić information content (AvgIpc) is 2.66. The van der Waals surface area contributed by atoms with Gasteiger partial charge in [-0.25, -0.2) is 13.6 Å². The van der Waals surface area contributed by atoms with Crippen molar-refractivity contribution in [2.45, 2.75) is 17.4 Å². The highest BCUT2D eigenvalue weighted by atomic mass is 127. The van der Waals surface area contributed by atoms with Crippen molar-refractivity contribution >= 4 is 39.5 Å². The molecule has 1 heterocycles. The number of aromatic carboxylic acids is 1. The SMILES string of the molecule is O=C(O)c1cn(CCO)c2cc(F)c(Cc3cccc(CI)c3F)cc2c1=O. The van der Waals surface area contributed by atoms with Crippen molar-refractivity contribution in [1.29, 1.82) is 0 Å². The summed E-state index contributed by atoms with van der Waals surface area (Å²) in [4.78, 5) is 23.9. The first-order valence-electron chi connectivity index (χ1n) is 8.39. The first-order valence-corrected chi connectivity index (χ1v) is 9.91. The van der Waals surface area contributed by atoms with Crippen molar-refractivity contribution in [1.82, 2.24) is 4.57 Å². The highest BCUT2D eigenvalue weighted by molar-refractivity contribution is 14.1. The number of alkyl halides is 1. The summed E-state index contributed by atoms with van der Waals surface area (Å²) in [5.41, 5.74) is -0.176. The van der Waals surface area contributed by atoms with Gasteiger partial charge in [0.05, 0.1) is 12.1 Å². The molecular formula is C20H16F2INO4. The first-order chi connectivity index (χ1) is 13.4. The molecule has 0 aliphatic rings. The number of aliphatic hydroxyl groups is 1.